The fourth-order valence-corrected chi connectivity index (χ4v) is 4.98. The Morgan fingerprint density at radius 2 is 1.50 bits per heavy atom. The molecule has 1 saturated carbocycles. The average Bonchev–Trinajstić information content (AvgIpc) is 3.06. The van der Waals surface area contributed by atoms with E-state index in [2.05, 4.69) is 59.6 Å². The number of rotatable bonds is 3. The van der Waals surface area contributed by atoms with Gasteiger partial charge in [0.15, 0.2) is 0 Å². The van der Waals surface area contributed by atoms with Crippen molar-refractivity contribution in [2.75, 3.05) is 0 Å². The third kappa shape index (κ3) is 6.77. The van der Waals surface area contributed by atoms with Crippen molar-refractivity contribution in [3.05, 3.63) is 60.7 Å². The van der Waals surface area contributed by atoms with Crippen LogP contribution in [0.15, 0.2) is 65.6 Å². The smallest absolute Gasteiger partial charge is 0.341 e. The van der Waals surface area contributed by atoms with Gasteiger partial charge in [-0.3, -0.25) is 0 Å². The highest BCUT2D eigenvalue weighted by Gasteiger charge is 2.44. The first kappa shape index (κ1) is 21.1. The van der Waals surface area contributed by atoms with E-state index in [0.717, 1.165) is 18.0 Å². The molecular formula is C20H22ClNO5S. The van der Waals surface area contributed by atoms with Gasteiger partial charge < -0.3 is 4.74 Å². The molecule has 1 saturated heterocycles. The zero-order valence-electron chi connectivity index (χ0n) is 15.2. The number of hydrogen-bond donors (Lipinski definition) is 1. The molecule has 0 amide bonds. The molecule has 2 fully saturated rings. The molecular weight excluding hydrogens is 402 g/mol. The third-order valence-electron chi connectivity index (χ3n) is 4.71. The van der Waals surface area contributed by atoms with E-state index in [9.17, 15) is 0 Å². The molecule has 3 unspecified atom stereocenters. The Morgan fingerprint density at radius 3 is 2.14 bits per heavy atom. The summed E-state index contributed by atoms with van der Waals surface area (Å²) in [6.07, 6.45) is 5.25. The molecule has 28 heavy (non-hydrogen) atoms. The van der Waals surface area contributed by atoms with E-state index in [1.54, 1.807) is 0 Å². The molecule has 150 valence electrons. The van der Waals surface area contributed by atoms with Crippen molar-refractivity contribution in [3.8, 4) is 0 Å². The van der Waals surface area contributed by atoms with Gasteiger partial charge in [0, 0.05) is 28.2 Å². The minimum absolute atomic E-state index is 0.347. The van der Waals surface area contributed by atoms with Gasteiger partial charge in [-0.25, -0.2) is 18.6 Å². The van der Waals surface area contributed by atoms with Crippen LogP contribution in [0.5, 0.6) is 0 Å². The molecule has 0 aromatic heterocycles. The number of benzene rings is 2. The Labute approximate surface area is 170 Å². The highest BCUT2D eigenvalue weighted by Crippen LogP contribution is 2.42. The maximum Gasteiger partial charge on any atom is 0.341 e. The van der Waals surface area contributed by atoms with Gasteiger partial charge in [-0.1, -0.05) is 42.8 Å². The molecule has 2 aromatic carbocycles. The van der Waals surface area contributed by atoms with E-state index in [0.29, 0.717) is 17.3 Å². The van der Waals surface area contributed by atoms with Gasteiger partial charge in [0.05, 0.1) is 6.42 Å². The van der Waals surface area contributed by atoms with Gasteiger partial charge >= 0.3 is 5.90 Å². The number of ether oxygens (including phenoxy) is 1. The second kappa shape index (κ2) is 9.73. The summed E-state index contributed by atoms with van der Waals surface area (Å²) in [5.41, 5.74) is 1.12. The fourth-order valence-electron chi connectivity index (χ4n) is 3.62. The Kier molecular flexibility index (Phi) is 7.34. The van der Waals surface area contributed by atoms with Gasteiger partial charge in [0.25, 0.3) is 0 Å². The topological polar surface area (TPSA) is 115 Å². The van der Waals surface area contributed by atoms with Gasteiger partial charge in [-0.05, 0) is 25.0 Å². The molecule has 6 nitrogen and oxygen atoms in total. The molecule has 2 aromatic rings. The summed E-state index contributed by atoms with van der Waals surface area (Å²) in [4.78, 5) is 4.82. The van der Waals surface area contributed by atoms with Crippen LogP contribution in [-0.2, 0) is 4.74 Å². The second-order valence-electron chi connectivity index (χ2n) is 6.74. The zero-order valence-corrected chi connectivity index (χ0v) is 16.7. The van der Waals surface area contributed by atoms with Crippen molar-refractivity contribution in [1.29, 1.82) is 0 Å². The van der Waals surface area contributed by atoms with Gasteiger partial charge in [-0.15, -0.1) is 22.0 Å². The molecule has 8 heteroatoms. The zero-order chi connectivity index (χ0) is 20.0. The molecule has 2 aliphatic rings. The van der Waals surface area contributed by atoms with Gasteiger partial charge in [0.2, 0.25) is 5.69 Å². The molecule has 1 aliphatic carbocycles. The van der Waals surface area contributed by atoms with E-state index >= 15 is 0 Å². The first-order valence-corrected chi connectivity index (χ1v) is 11.2. The number of hydrogen-bond acceptors (Lipinski definition) is 6. The molecule has 0 bridgehead atoms. The maximum atomic E-state index is 8.49. The van der Waals surface area contributed by atoms with Crippen LogP contribution >= 0.6 is 11.8 Å². The van der Waals surface area contributed by atoms with Crippen molar-refractivity contribution < 1.29 is 38.6 Å². The molecule has 0 spiro atoms. The summed E-state index contributed by atoms with van der Waals surface area (Å²) >= 11 is 1.98. The van der Waals surface area contributed by atoms with Crippen molar-refractivity contribution in [2.45, 2.75) is 41.9 Å². The molecule has 3 atom stereocenters. The molecule has 0 radical (unpaired) electrons. The first-order valence-electron chi connectivity index (χ1n) is 9.06. The fraction of sp³-hybridized carbons (Fsp3) is 0.350. The van der Waals surface area contributed by atoms with Crippen LogP contribution in [0.4, 0.5) is 5.69 Å². The number of nitrogens with one attached hydrogen (secondary N) is 1. The van der Waals surface area contributed by atoms with E-state index in [4.69, 9.17) is 23.4 Å². The largest absolute Gasteiger partial charge is 0.443 e. The molecule has 1 aliphatic heterocycles. The highest BCUT2D eigenvalue weighted by molar-refractivity contribution is 8.00. The molecule has 1 heterocycles. The number of thioether (sulfide) groups is 1. The van der Waals surface area contributed by atoms with Crippen molar-refractivity contribution >= 4 is 23.3 Å². The van der Waals surface area contributed by atoms with Crippen LogP contribution in [-0.4, -0.2) is 17.3 Å². The Balaban J connectivity index is 0.000000403. The lowest BCUT2D eigenvalue weighted by atomic mass is 9.86. The average molecular weight is 424 g/mol. The number of halogens is 1. The highest BCUT2D eigenvalue weighted by atomic mass is 35.7. The van der Waals surface area contributed by atoms with Crippen LogP contribution in [0.3, 0.4) is 0 Å². The van der Waals surface area contributed by atoms with Crippen molar-refractivity contribution in [3.63, 3.8) is 0 Å². The summed E-state index contributed by atoms with van der Waals surface area (Å²) in [7, 11) is -4.94. The molecule has 1 N–H and O–H groups in total. The maximum absolute atomic E-state index is 8.49. The van der Waals surface area contributed by atoms with Crippen LogP contribution in [0.25, 0.3) is 0 Å². The van der Waals surface area contributed by atoms with E-state index in [-0.39, 0.29) is 0 Å². The number of fused-ring (bicyclic) bond motifs is 1. The van der Waals surface area contributed by atoms with E-state index in [1.807, 2.05) is 17.8 Å². The van der Waals surface area contributed by atoms with Crippen molar-refractivity contribution in [2.24, 2.45) is 5.92 Å². The Morgan fingerprint density at radius 1 is 0.893 bits per heavy atom. The quantitative estimate of drug-likeness (QED) is 0.662. The van der Waals surface area contributed by atoms with Crippen LogP contribution < -0.4 is 23.6 Å². The second-order valence-corrected chi connectivity index (χ2v) is 8.81. The van der Waals surface area contributed by atoms with Crippen LogP contribution in [0, 0.1) is 16.2 Å². The van der Waals surface area contributed by atoms with E-state index < -0.39 is 10.2 Å². The minimum atomic E-state index is -4.94. The predicted molar refractivity (Wildman–Crippen MR) is 95.0 cm³/mol. The summed E-state index contributed by atoms with van der Waals surface area (Å²) in [6, 6.07) is 21.1. The molecule has 4 rings (SSSR count). The summed E-state index contributed by atoms with van der Waals surface area (Å²) < 4.78 is 40.3. The predicted octanol–water partition coefficient (Wildman–Crippen LogP) is -1.21. The summed E-state index contributed by atoms with van der Waals surface area (Å²) in [6.45, 7) is 0. The Bertz CT molecular complexity index is 763. The third-order valence-corrected chi connectivity index (χ3v) is 6.06. The first-order chi connectivity index (χ1) is 13.4. The lowest BCUT2D eigenvalue weighted by Crippen LogP contribution is -2.68. The normalized spacial score (nSPS) is 25.4. The summed E-state index contributed by atoms with van der Waals surface area (Å²) in [5.74, 6) is 1.71. The standard InChI is InChI=1S/C20H21NOS.ClHO4/c1-3-9-16(10-4-1)21-19-14-15-8-7-13-18(20(15)22-19)23-17-11-5-2-6-12-17;2-1(3,4)5/h1-6,9-12,15,18,20H,7-8,13-14H2;(H,2,3,4,5). The lowest BCUT2D eigenvalue weighted by Gasteiger charge is -2.30. The van der Waals surface area contributed by atoms with Crippen molar-refractivity contribution in [1.82, 2.24) is 0 Å². The summed E-state index contributed by atoms with van der Waals surface area (Å²) in [5, 5.41) is 0.561. The monoisotopic (exact) mass is 423 g/mol. The van der Waals surface area contributed by atoms with Gasteiger partial charge in [0.1, 0.15) is 6.10 Å². The number of para-hydroxylation sites is 1. The SMILES string of the molecule is [O-][Cl+3]([O-])([O-])[O-].c1ccc([NH+]=C2CC3CCCC(Sc4ccccc4)C3O2)cc1. The van der Waals surface area contributed by atoms with E-state index in [1.165, 1.54) is 24.2 Å². The van der Waals surface area contributed by atoms with Crippen LogP contribution in [0.2, 0.25) is 0 Å². The minimum Gasteiger partial charge on any atom is -0.443 e. The Hall–Kier alpha value is -1.61. The van der Waals surface area contributed by atoms with Crippen LogP contribution in [0.1, 0.15) is 25.7 Å². The van der Waals surface area contributed by atoms with Gasteiger partial charge in [-0.2, -0.15) is 4.99 Å². The lowest BCUT2D eigenvalue weighted by molar-refractivity contribution is -2.00.